The number of ether oxygens (including phenoxy) is 1. The highest BCUT2D eigenvalue weighted by atomic mass is 16.5. The van der Waals surface area contributed by atoms with Gasteiger partial charge in [-0.25, -0.2) is 0 Å². The molecule has 0 saturated carbocycles. The van der Waals surface area contributed by atoms with Crippen LogP contribution in [-0.2, 0) is 4.74 Å². The summed E-state index contributed by atoms with van der Waals surface area (Å²) in [6.45, 7) is 5.77. The molecule has 1 aromatic rings. The van der Waals surface area contributed by atoms with Crippen LogP contribution < -0.4 is 11.3 Å². The molecule has 0 bridgehead atoms. The summed E-state index contributed by atoms with van der Waals surface area (Å²) in [7, 11) is 0. The summed E-state index contributed by atoms with van der Waals surface area (Å²) in [4.78, 5) is 0. The highest BCUT2D eigenvalue weighted by Gasteiger charge is 2.08. The minimum Gasteiger partial charge on any atom is -0.381 e. The van der Waals surface area contributed by atoms with Gasteiger partial charge in [-0.2, -0.15) is 0 Å². The number of hydrazine groups is 1. The Morgan fingerprint density at radius 1 is 1.38 bits per heavy atom. The van der Waals surface area contributed by atoms with Crippen LogP contribution in [0.4, 0.5) is 0 Å². The van der Waals surface area contributed by atoms with Gasteiger partial charge in [-0.15, -0.1) is 0 Å². The van der Waals surface area contributed by atoms with Crippen molar-refractivity contribution in [3.63, 3.8) is 0 Å². The van der Waals surface area contributed by atoms with Gasteiger partial charge in [0.05, 0.1) is 0 Å². The molecule has 0 aliphatic rings. The lowest BCUT2D eigenvalue weighted by molar-refractivity contribution is 0.124. The third kappa shape index (κ3) is 4.31. The van der Waals surface area contributed by atoms with Crippen molar-refractivity contribution in [3.05, 3.63) is 35.4 Å². The molecule has 0 radical (unpaired) electrons. The van der Waals surface area contributed by atoms with Crippen molar-refractivity contribution in [3.8, 4) is 0 Å². The van der Waals surface area contributed by atoms with E-state index < -0.39 is 0 Å². The Labute approximate surface area is 98.0 Å². The van der Waals surface area contributed by atoms with E-state index in [9.17, 15) is 0 Å². The van der Waals surface area contributed by atoms with Crippen LogP contribution >= 0.6 is 0 Å². The third-order valence-corrected chi connectivity index (χ3v) is 2.55. The van der Waals surface area contributed by atoms with E-state index in [0.717, 1.165) is 26.1 Å². The number of nitrogens with one attached hydrogen (secondary N) is 1. The molecular formula is C13H22N2O. The zero-order valence-electron chi connectivity index (χ0n) is 10.2. The highest BCUT2D eigenvalue weighted by molar-refractivity contribution is 5.24. The van der Waals surface area contributed by atoms with E-state index in [4.69, 9.17) is 10.6 Å². The normalized spacial score (nSPS) is 12.7. The van der Waals surface area contributed by atoms with Gasteiger partial charge in [0.25, 0.3) is 0 Å². The second-order valence-electron chi connectivity index (χ2n) is 4.03. The molecule has 3 heteroatoms. The first kappa shape index (κ1) is 13.2. The van der Waals surface area contributed by atoms with E-state index in [-0.39, 0.29) is 6.04 Å². The maximum Gasteiger partial charge on any atom is 0.0484 e. The summed E-state index contributed by atoms with van der Waals surface area (Å²) in [5, 5.41) is 0. The van der Waals surface area contributed by atoms with Gasteiger partial charge in [0.1, 0.15) is 0 Å². The molecule has 3 nitrogen and oxygen atoms in total. The highest BCUT2D eigenvalue weighted by Crippen LogP contribution is 2.17. The molecule has 0 aromatic heterocycles. The molecule has 3 N–H and O–H groups in total. The Hall–Kier alpha value is -0.900. The molecule has 1 unspecified atom stereocenters. The molecule has 0 aliphatic heterocycles. The number of nitrogens with two attached hydrogens (primary N) is 1. The van der Waals surface area contributed by atoms with Crippen LogP contribution in [0.1, 0.15) is 36.9 Å². The van der Waals surface area contributed by atoms with E-state index in [2.05, 4.69) is 43.5 Å². The van der Waals surface area contributed by atoms with E-state index in [1.54, 1.807) is 0 Å². The molecule has 1 atom stereocenters. The molecule has 90 valence electrons. The lowest BCUT2D eigenvalue weighted by atomic mass is 10.0. The largest absolute Gasteiger partial charge is 0.381 e. The molecule has 0 aliphatic carbocycles. The van der Waals surface area contributed by atoms with Gasteiger partial charge in [0, 0.05) is 19.3 Å². The molecule has 0 spiro atoms. The van der Waals surface area contributed by atoms with Gasteiger partial charge in [0.2, 0.25) is 0 Å². The number of aryl methyl sites for hydroxylation is 1. The quantitative estimate of drug-likeness (QED) is 0.423. The topological polar surface area (TPSA) is 47.3 Å². The Balaban J connectivity index is 2.47. The van der Waals surface area contributed by atoms with Gasteiger partial charge < -0.3 is 4.74 Å². The van der Waals surface area contributed by atoms with E-state index in [1.807, 2.05) is 0 Å². The van der Waals surface area contributed by atoms with Crippen molar-refractivity contribution in [2.45, 2.75) is 32.7 Å². The maximum absolute atomic E-state index is 5.56. The Morgan fingerprint density at radius 3 is 2.81 bits per heavy atom. The van der Waals surface area contributed by atoms with Crippen LogP contribution in [0.5, 0.6) is 0 Å². The van der Waals surface area contributed by atoms with Gasteiger partial charge >= 0.3 is 0 Å². The van der Waals surface area contributed by atoms with Crippen LogP contribution in [-0.4, -0.2) is 13.2 Å². The smallest absolute Gasteiger partial charge is 0.0484 e. The first-order valence-electron chi connectivity index (χ1n) is 5.88. The van der Waals surface area contributed by atoms with Gasteiger partial charge in [-0.1, -0.05) is 36.8 Å². The maximum atomic E-state index is 5.56. The Kier molecular flexibility index (Phi) is 6.08. The van der Waals surface area contributed by atoms with Gasteiger partial charge in [0.15, 0.2) is 0 Å². The lowest BCUT2D eigenvalue weighted by Crippen LogP contribution is -2.29. The van der Waals surface area contributed by atoms with Gasteiger partial charge in [-0.3, -0.25) is 11.3 Å². The second-order valence-corrected chi connectivity index (χ2v) is 4.03. The number of hydrogen-bond donors (Lipinski definition) is 2. The second kappa shape index (κ2) is 7.39. The first-order chi connectivity index (χ1) is 7.77. The summed E-state index contributed by atoms with van der Waals surface area (Å²) in [5.41, 5.74) is 5.32. The summed E-state index contributed by atoms with van der Waals surface area (Å²) >= 11 is 0. The van der Waals surface area contributed by atoms with Crippen molar-refractivity contribution >= 4 is 0 Å². The minimum absolute atomic E-state index is 0.178. The summed E-state index contributed by atoms with van der Waals surface area (Å²) < 4.78 is 5.47. The fourth-order valence-electron chi connectivity index (χ4n) is 1.68. The molecule has 1 rings (SSSR count). The van der Waals surface area contributed by atoms with Crippen LogP contribution in [0, 0.1) is 6.92 Å². The lowest BCUT2D eigenvalue weighted by Gasteiger charge is -2.16. The zero-order chi connectivity index (χ0) is 11.8. The van der Waals surface area contributed by atoms with Crippen LogP contribution in [0.2, 0.25) is 0 Å². The summed E-state index contributed by atoms with van der Waals surface area (Å²) in [5.74, 6) is 5.56. The molecule has 16 heavy (non-hydrogen) atoms. The molecule has 0 heterocycles. The number of rotatable bonds is 7. The SMILES string of the molecule is CCCOCCC(NN)c1cccc(C)c1. The predicted octanol–water partition coefficient (Wildman–Crippen LogP) is 2.32. The summed E-state index contributed by atoms with van der Waals surface area (Å²) in [6, 6.07) is 8.57. The fourth-order valence-corrected chi connectivity index (χ4v) is 1.68. The van der Waals surface area contributed by atoms with Crippen molar-refractivity contribution in [2.75, 3.05) is 13.2 Å². The Bertz CT molecular complexity index is 302. The number of hydrogen-bond acceptors (Lipinski definition) is 3. The van der Waals surface area contributed by atoms with Crippen molar-refractivity contribution in [2.24, 2.45) is 5.84 Å². The molecule has 0 amide bonds. The zero-order valence-corrected chi connectivity index (χ0v) is 10.2. The fraction of sp³-hybridized carbons (Fsp3) is 0.538. The van der Waals surface area contributed by atoms with E-state index >= 15 is 0 Å². The van der Waals surface area contributed by atoms with Crippen LogP contribution in [0.15, 0.2) is 24.3 Å². The minimum atomic E-state index is 0.178. The van der Waals surface area contributed by atoms with E-state index in [1.165, 1.54) is 11.1 Å². The van der Waals surface area contributed by atoms with Crippen molar-refractivity contribution in [1.29, 1.82) is 0 Å². The molecule has 0 fully saturated rings. The van der Waals surface area contributed by atoms with Crippen molar-refractivity contribution < 1.29 is 4.74 Å². The summed E-state index contributed by atoms with van der Waals surface area (Å²) in [6.07, 6.45) is 1.96. The number of benzene rings is 1. The monoisotopic (exact) mass is 222 g/mol. The van der Waals surface area contributed by atoms with Crippen molar-refractivity contribution in [1.82, 2.24) is 5.43 Å². The average molecular weight is 222 g/mol. The predicted molar refractivity (Wildman–Crippen MR) is 67.0 cm³/mol. The average Bonchev–Trinajstić information content (AvgIpc) is 2.29. The third-order valence-electron chi connectivity index (χ3n) is 2.55. The van der Waals surface area contributed by atoms with E-state index in [0.29, 0.717) is 0 Å². The van der Waals surface area contributed by atoms with Gasteiger partial charge in [-0.05, 0) is 25.3 Å². The first-order valence-corrected chi connectivity index (χ1v) is 5.88. The standard InChI is InChI=1S/C13H22N2O/c1-3-8-16-9-7-13(15-14)12-6-4-5-11(2)10-12/h4-6,10,13,15H,3,7-9,14H2,1-2H3. The van der Waals surface area contributed by atoms with Crippen LogP contribution in [0.3, 0.4) is 0 Å². The molecular weight excluding hydrogens is 200 g/mol. The molecule has 1 aromatic carbocycles. The Morgan fingerprint density at radius 2 is 2.19 bits per heavy atom. The molecule has 0 saturated heterocycles. The van der Waals surface area contributed by atoms with Crippen LogP contribution in [0.25, 0.3) is 0 Å².